The van der Waals surface area contributed by atoms with E-state index in [-0.39, 0.29) is 5.69 Å². The number of amides is 1. The zero-order valence-corrected chi connectivity index (χ0v) is 14.3. The molecule has 140 valence electrons. The summed E-state index contributed by atoms with van der Waals surface area (Å²) in [4.78, 5) is 16.9. The molecule has 0 bridgehead atoms. The van der Waals surface area contributed by atoms with E-state index in [1.165, 1.54) is 6.07 Å². The first-order valence-electron chi connectivity index (χ1n) is 7.53. The molecule has 0 aliphatic carbocycles. The lowest BCUT2D eigenvalue weighted by Crippen LogP contribution is -2.42. The molecule has 2 N–H and O–H groups in total. The number of halogens is 3. The highest BCUT2D eigenvalue weighted by molar-refractivity contribution is 7.89. The van der Waals surface area contributed by atoms with E-state index in [1.807, 2.05) is 5.43 Å². The van der Waals surface area contributed by atoms with Gasteiger partial charge < -0.3 is 0 Å². The number of carbonyl (C=O) groups is 1. The molecule has 0 spiro atoms. The highest BCUT2D eigenvalue weighted by Gasteiger charge is 2.37. The summed E-state index contributed by atoms with van der Waals surface area (Å²) in [7, 11) is -4.65. The Morgan fingerprint density at radius 1 is 0.926 bits per heavy atom. The van der Waals surface area contributed by atoms with E-state index < -0.39 is 32.6 Å². The third-order valence-corrected chi connectivity index (χ3v) is 4.92. The number of hydrazine groups is 1. The fourth-order valence-corrected chi connectivity index (χ4v) is 3.43. The predicted octanol–water partition coefficient (Wildman–Crippen LogP) is 2.88. The maximum atomic E-state index is 13.0. The second-order valence-electron chi connectivity index (χ2n) is 5.44. The maximum Gasteiger partial charge on any atom is 0.417 e. The minimum atomic E-state index is -4.87. The third-order valence-electron chi connectivity index (χ3n) is 3.61. The van der Waals surface area contributed by atoms with Crippen LogP contribution in [0.1, 0.15) is 16.1 Å². The van der Waals surface area contributed by atoms with Crippen LogP contribution in [-0.4, -0.2) is 19.3 Å². The molecule has 0 aliphatic rings. The Kier molecular flexibility index (Phi) is 4.85. The van der Waals surface area contributed by atoms with Gasteiger partial charge in [-0.1, -0.05) is 36.4 Å². The Labute approximate surface area is 152 Å². The minimum absolute atomic E-state index is 0.0968. The molecule has 0 atom stereocenters. The SMILES string of the molecule is O=C(NNS(=O)(=O)c1ccccc1C(F)(F)F)c1ccc2ccccc2n1. The van der Waals surface area contributed by atoms with Crippen molar-refractivity contribution < 1.29 is 26.4 Å². The van der Waals surface area contributed by atoms with E-state index in [1.54, 1.807) is 35.2 Å². The normalized spacial score (nSPS) is 12.1. The number of aromatic nitrogens is 1. The van der Waals surface area contributed by atoms with Crippen molar-refractivity contribution in [2.75, 3.05) is 0 Å². The first-order chi connectivity index (χ1) is 12.7. The van der Waals surface area contributed by atoms with Crippen LogP contribution >= 0.6 is 0 Å². The molecule has 1 heterocycles. The van der Waals surface area contributed by atoms with Gasteiger partial charge in [-0.25, -0.2) is 13.4 Å². The lowest BCUT2D eigenvalue weighted by atomic mass is 10.2. The molecule has 10 heteroatoms. The second kappa shape index (κ2) is 6.97. The van der Waals surface area contributed by atoms with Crippen molar-refractivity contribution in [1.82, 2.24) is 15.2 Å². The lowest BCUT2D eigenvalue weighted by Gasteiger charge is -2.14. The van der Waals surface area contributed by atoms with Gasteiger partial charge in [-0.15, -0.1) is 4.83 Å². The average Bonchev–Trinajstić information content (AvgIpc) is 2.65. The number of sulfonamides is 1. The summed E-state index contributed by atoms with van der Waals surface area (Å²) in [6.45, 7) is 0. The van der Waals surface area contributed by atoms with E-state index in [0.717, 1.165) is 23.6 Å². The van der Waals surface area contributed by atoms with E-state index in [2.05, 4.69) is 4.98 Å². The average molecular weight is 395 g/mol. The summed E-state index contributed by atoms with van der Waals surface area (Å²) in [6, 6.07) is 13.6. The molecule has 27 heavy (non-hydrogen) atoms. The van der Waals surface area contributed by atoms with Crippen LogP contribution in [0.4, 0.5) is 13.2 Å². The first kappa shape index (κ1) is 18.8. The molecule has 1 aromatic heterocycles. The number of fused-ring (bicyclic) bond motifs is 1. The van der Waals surface area contributed by atoms with E-state index in [0.29, 0.717) is 11.6 Å². The molecule has 3 rings (SSSR count). The number of nitrogens with zero attached hydrogens (tertiary/aromatic N) is 1. The first-order valence-corrected chi connectivity index (χ1v) is 9.01. The maximum absolute atomic E-state index is 13.0. The molecule has 0 radical (unpaired) electrons. The van der Waals surface area contributed by atoms with Gasteiger partial charge in [0.1, 0.15) is 5.69 Å². The molecule has 0 unspecified atom stereocenters. The number of alkyl halides is 3. The van der Waals surface area contributed by atoms with Gasteiger partial charge in [0.25, 0.3) is 15.9 Å². The fraction of sp³-hybridized carbons (Fsp3) is 0.0588. The topological polar surface area (TPSA) is 88.2 Å². The highest BCUT2D eigenvalue weighted by atomic mass is 32.2. The van der Waals surface area contributed by atoms with Crippen LogP contribution in [0.15, 0.2) is 65.6 Å². The zero-order chi connectivity index (χ0) is 19.7. The summed E-state index contributed by atoms with van der Waals surface area (Å²) in [6.07, 6.45) is -4.87. The molecule has 6 nitrogen and oxygen atoms in total. The standard InChI is InChI=1S/C17H12F3N3O3S/c18-17(19,20)12-6-2-4-8-15(12)27(25,26)23-22-16(24)14-10-9-11-5-1-3-7-13(11)21-14/h1-10,23H,(H,22,24). The molecule has 0 fully saturated rings. The van der Waals surface area contributed by atoms with E-state index in [9.17, 15) is 26.4 Å². The molecule has 0 saturated carbocycles. The van der Waals surface area contributed by atoms with Gasteiger partial charge in [-0.3, -0.25) is 10.2 Å². The number of rotatable bonds is 4. The third kappa shape index (κ3) is 4.07. The number of pyridine rings is 1. The van der Waals surface area contributed by atoms with Crippen molar-refractivity contribution in [2.24, 2.45) is 0 Å². The van der Waals surface area contributed by atoms with Crippen LogP contribution in [0.5, 0.6) is 0 Å². The van der Waals surface area contributed by atoms with Crippen molar-refractivity contribution >= 4 is 26.8 Å². The summed E-state index contributed by atoms with van der Waals surface area (Å²) in [5, 5.41) is 0.772. The van der Waals surface area contributed by atoms with Gasteiger partial charge in [0.15, 0.2) is 0 Å². The Balaban J connectivity index is 1.82. The van der Waals surface area contributed by atoms with E-state index in [4.69, 9.17) is 0 Å². The number of carbonyl (C=O) groups excluding carboxylic acids is 1. The lowest BCUT2D eigenvalue weighted by molar-refractivity contribution is -0.139. The van der Waals surface area contributed by atoms with Crippen molar-refractivity contribution in [3.05, 3.63) is 71.9 Å². The van der Waals surface area contributed by atoms with Gasteiger partial charge in [0.2, 0.25) is 0 Å². The summed E-state index contributed by atoms with van der Waals surface area (Å²) in [5.41, 5.74) is 0.950. The Hall–Kier alpha value is -2.98. The van der Waals surface area contributed by atoms with Crippen LogP contribution in [-0.2, 0) is 16.2 Å². The monoisotopic (exact) mass is 395 g/mol. The Morgan fingerprint density at radius 2 is 1.59 bits per heavy atom. The van der Waals surface area contributed by atoms with Gasteiger partial charge in [0, 0.05) is 5.39 Å². The Morgan fingerprint density at radius 3 is 2.33 bits per heavy atom. The molecule has 0 saturated heterocycles. The number of hydrogen-bond acceptors (Lipinski definition) is 4. The smallest absolute Gasteiger partial charge is 0.272 e. The Bertz CT molecular complexity index is 1110. The van der Waals surface area contributed by atoms with Gasteiger partial charge >= 0.3 is 6.18 Å². The largest absolute Gasteiger partial charge is 0.417 e. The summed E-state index contributed by atoms with van der Waals surface area (Å²) in [5.74, 6) is -0.909. The number of hydrogen-bond donors (Lipinski definition) is 2. The minimum Gasteiger partial charge on any atom is -0.272 e. The van der Waals surface area contributed by atoms with Crippen molar-refractivity contribution in [3.8, 4) is 0 Å². The van der Waals surface area contributed by atoms with Crippen molar-refractivity contribution in [1.29, 1.82) is 0 Å². The van der Waals surface area contributed by atoms with Crippen LogP contribution in [0, 0.1) is 0 Å². The van der Waals surface area contributed by atoms with Crippen molar-refractivity contribution in [3.63, 3.8) is 0 Å². The fourth-order valence-electron chi connectivity index (χ4n) is 2.36. The van der Waals surface area contributed by atoms with E-state index >= 15 is 0 Å². The van der Waals surface area contributed by atoms with Crippen LogP contribution in [0.25, 0.3) is 10.9 Å². The van der Waals surface area contributed by atoms with Crippen LogP contribution < -0.4 is 10.3 Å². The quantitative estimate of drug-likeness (QED) is 0.665. The van der Waals surface area contributed by atoms with Crippen LogP contribution in [0.3, 0.4) is 0 Å². The van der Waals surface area contributed by atoms with Gasteiger partial charge in [-0.2, -0.15) is 13.2 Å². The number of benzene rings is 2. The zero-order valence-electron chi connectivity index (χ0n) is 13.5. The second-order valence-corrected chi connectivity index (χ2v) is 7.09. The van der Waals surface area contributed by atoms with Gasteiger partial charge in [0.05, 0.1) is 16.0 Å². The summed E-state index contributed by atoms with van der Waals surface area (Å²) >= 11 is 0. The number of para-hydroxylation sites is 1. The predicted molar refractivity (Wildman–Crippen MR) is 91.0 cm³/mol. The molecular formula is C17H12F3N3O3S. The number of nitrogens with one attached hydrogen (secondary N) is 2. The molecular weight excluding hydrogens is 383 g/mol. The molecule has 0 aliphatic heterocycles. The summed E-state index contributed by atoms with van der Waals surface area (Å²) < 4.78 is 63.4. The molecule has 1 amide bonds. The van der Waals surface area contributed by atoms with Crippen molar-refractivity contribution in [2.45, 2.75) is 11.1 Å². The molecule has 3 aromatic rings. The highest BCUT2D eigenvalue weighted by Crippen LogP contribution is 2.33. The van der Waals surface area contributed by atoms with Gasteiger partial charge in [-0.05, 0) is 24.3 Å². The van der Waals surface area contributed by atoms with Crippen LogP contribution in [0.2, 0.25) is 0 Å². The molecule has 2 aromatic carbocycles.